The maximum atomic E-state index is 12.4. The Morgan fingerprint density at radius 3 is 2.14 bits per heavy atom. The first-order valence-electron chi connectivity index (χ1n) is 7.06. The van der Waals surface area contributed by atoms with E-state index in [0.29, 0.717) is 5.56 Å². The van der Waals surface area contributed by atoms with Crippen LogP contribution in [0.3, 0.4) is 0 Å². The van der Waals surface area contributed by atoms with Crippen LogP contribution in [-0.4, -0.2) is 34.8 Å². The SMILES string of the molecule is CCOC(=O)C(N)(Cc1ccc(O)cc1)C(=O)OC(C)(C)C. The van der Waals surface area contributed by atoms with Crippen LogP contribution in [0.2, 0.25) is 0 Å². The van der Waals surface area contributed by atoms with Gasteiger partial charge in [0.25, 0.3) is 0 Å². The number of ether oxygens (including phenoxy) is 2. The summed E-state index contributed by atoms with van der Waals surface area (Å²) in [6.07, 6.45) is -0.0823. The van der Waals surface area contributed by atoms with Crippen LogP contribution in [0.5, 0.6) is 5.75 Å². The Labute approximate surface area is 130 Å². The van der Waals surface area contributed by atoms with Gasteiger partial charge in [-0.3, -0.25) is 0 Å². The topological polar surface area (TPSA) is 98.9 Å². The molecule has 0 aromatic heterocycles. The van der Waals surface area contributed by atoms with Crippen molar-refractivity contribution < 1.29 is 24.2 Å². The second-order valence-corrected chi connectivity index (χ2v) is 6.04. The molecule has 1 atom stereocenters. The first kappa shape index (κ1) is 18.0. The van der Waals surface area contributed by atoms with Crippen molar-refractivity contribution in [1.29, 1.82) is 0 Å². The summed E-state index contributed by atoms with van der Waals surface area (Å²) < 4.78 is 10.2. The zero-order valence-corrected chi connectivity index (χ0v) is 13.4. The van der Waals surface area contributed by atoms with Gasteiger partial charge >= 0.3 is 11.9 Å². The molecule has 0 aliphatic heterocycles. The van der Waals surface area contributed by atoms with Gasteiger partial charge in [0.15, 0.2) is 0 Å². The second kappa shape index (κ2) is 6.79. The number of rotatable bonds is 5. The first-order valence-corrected chi connectivity index (χ1v) is 7.06. The molecular formula is C16H23NO5. The van der Waals surface area contributed by atoms with Crippen molar-refractivity contribution in [2.75, 3.05) is 6.61 Å². The van der Waals surface area contributed by atoms with Crippen molar-refractivity contribution in [3.8, 4) is 5.75 Å². The van der Waals surface area contributed by atoms with Crippen LogP contribution in [-0.2, 0) is 25.5 Å². The zero-order chi connectivity index (χ0) is 17.0. The lowest BCUT2D eigenvalue weighted by molar-refractivity contribution is -0.171. The minimum Gasteiger partial charge on any atom is -0.508 e. The van der Waals surface area contributed by atoms with Crippen molar-refractivity contribution in [1.82, 2.24) is 0 Å². The van der Waals surface area contributed by atoms with E-state index >= 15 is 0 Å². The Morgan fingerprint density at radius 1 is 1.14 bits per heavy atom. The van der Waals surface area contributed by atoms with Crippen LogP contribution in [0.25, 0.3) is 0 Å². The van der Waals surface area contributed by atoms with Gasteiger partial charge < -0.3 is 20.3 Å². The van der Waals surface area contributed by atoms with E-state index in [1.807, 2.05) is 0 Å². The summed E-state index contributed by atoms with van der Waals surface area (Å²) in [5, 5.41) is 9.30. The monoisotopic (exact) mass is 309 g/mol. The molecule has 0 saturated carbocycles. The van der Waals surface area contributed by atoms with E-state index in [2.05, 4.69) is 0 Å². The molecule has 1 rings (SSSR count). The van der Waals surface area contributed by atoms with Crippen LogP contribution in [0.1, 0.15) is 33.3 Å². The van der Waals surface area contributed by atoms with Crippen LogP contribution < -0.4 is 5.73 Å². The number of esters is 2. The second-order valence-electron chi connectivity index (χ2n) is 6.04. The van der Waals surface area contributed by atoms with E-state index in [-0.39, 0.29) is 18.8 Å². The summed E-state index contributed by atoms with van der Waals surface area (Å²) in [6.45, 7) is 6.81. The molecule has 0 aliphatic rings. The lowest BCUT2D eigenvalue weighted by Crippen LogP contribution is -2.59. The summed E-state index contributed by atoms with van der Waals surface area (Å²) in [4.78, 5) is 24.5. The predicted octanol–water partition coefficient (Wildman–Crippen LogP) is 1.54. The molecule has 0 saturated heterocycles. The molecule has 0 bridgehead atoms. The highest BCUT2D eigenvalue weighted by molar-refractivity contribution is 6.05. The molecular weight excluding hydrogens is 286 g/mol. The largest absolute Gasteiger partial charge is 0.508 e. The average Bonchev–Trinajstić information content (AvgIpc) is 2.39. The van der Waals surface area contributed by atoms with E-state index in [1.165, 1.54) is 12.1 Å². The molecule has 0 amide bonds. The van der Waals surface area contributed by atoms with Gasteiger partial charge in [-0.05, 0) is 45.4 Å². The Morgan fingerprint density at radius 2 is 1.68 bits per heavy atom. The molecule has 1 unspecified atom stereocenters. The first-order chi connectivity index (χ1) is 10.1. The maximum Gasteiger partial charge on any atom is 0.338 e. The van der Waals surface area contributed by atoms with Crippen LogP contribution in [0, 0.1) is 0 Å². The molecule has 6 nitrogen and oxygen atoms in total. The summed E-state index contributed by atoms with van der Waals surface area (Å²) in [6, 6.07) is 6.08. The van der Waals surface area contributed by atoms with Crippen molar-refractivity contribution in [3.05, 3.63) is 29.8 Å². The van der Waals surface area contributed by atoms with E-state index in [1.54, 1.807) is 39.8 Å². The highest BCUT2D eigenvalue weighted by Crippen LogP contribution is 2.20. The Kier molecular flexibility index (Phi) is 5.54. The van der Waals surface area contributed by atoms with E-state index in [0.717, 1.165) is 0 Å². The van der Waals surface area contributed by atoms with Crippen molar-refractivity contribution in [2.24, 2.45) is 5.73 Å². The fraction of sp³-hybridized carbons (Fsp3) is 0.500. The number of hydrogen-bond donors (Lipinski definition) is 2. The number of hydrogen-bond acceptors (Lipinski definition) is 6. The van der Waals surface area contributed by atoms with Crippen molar-refractivity contribution in [3.63, 3.8) is 0 Å². The quantitative estimate of drug-likeness (QED) is 0.632. The highest BCUT2D eigenvalue weighted by Gasteiger charge is 2.46. The number of phenols is 1. The highest BCUT2D eigenvalue weighted by atomic mass is 16.6. The Balaban J connectivity index is 3.08. The Bertz CT molecular complexity index is 532. The lowest BCUT2D eigenvalue weighted by Gasteiger charge is -2.29. The summed E-state index contributed by atoms with van der Waals surface area (Å²) in [7, 11) is 0. The van der Waals surface area contributed by atoms with Gasteiger partial charge in [-0.25, -0.2) is 9.59 Å². The van der Waals surface area contributed by atoms with Crippen molar-refractivity contribution in [2.45, 2.75) is 45.3 Å². The number of aromatic hydroxyl groups is 1. The molecule has 0 radical (unpaired) electrons. The van der Waals surface area contributed by atoms with Gasteiger partial charge in [-0.1, -0.05) is 12.1 Å². The van der Waals surface area contributed by atoms with Gasteiger partial charge in [0.1, 0.15) is 11.4 Å². The number of nitrogens with two attached hydrogens (primary N) is 1. The fourth-order valence-corrected chi connectivity index (χ4v) is 1.79. The molecule has 0 fully saturated rings. The van der Waals surface area contributed by atoms with E-state index in [9.17, 15) is 14.7 Å². The van der Waals surface area contributed by atoms with Gasteiger partial charge in [-0.2, -0.15) is 0 Å². The third-order valence-corrected chi connectivity index (χ3v) is 2.82. The number of carbonyl (C=O) groups is 2. The smallest absolute Gasteiger partial charge is 0.338 e. The van der Waals surface area contributed by atoms with Crippen LogP contribution in [0.4, 0.5) is 0 Å². The summed E-state index contributed by atoms with van der Waals surface area (Å²) >= 11 is 0. The minimum atomic E-state index is -1.93. The molecule has 3 N–H and O–H groups in total. The Hall–Kier alpha value is -2.08. The van der Waals surface area contributed by atoms with Crippen LogP contribution in [0.15, 0.2) is 24.3 Å². The van der Waals surface area contributed by atoms with Crippen LogP contribution >= 0.6 is 0 Å². The van der Waals surface area contributed by atoms with Gasteiger partial charge in [-0.15, -0.1) is 0 Å². The average molecular weight is 309 g/mol. The fourth-order valence-electron chi connectivity index (χ4n) is 1.79. The standard InChI is InChI=1S/C16H23NO5/c1-5-21-13(19)16(17,14(20)22-15(2,3)4)10-11-6-8-12(18)9-7-11/h6-9,18H,5,10,17H2,1-4H3. The molecule has 0 heterocycles. The third kappa shape index (κ3) is 4.73. The number of carbonyl (C=O) groups excluding carboxylic acids is 2. The lowest BCUT2D eigenvalue weighted by atomic mass is 9.91. The molecule has 1 aromatic rings. The summed E-state index contributed by atoms with van der Waals surface area (Å²) in [5.41, 5.74) is 3.94. The molecule has 0 aliphatic carbocycles. The molecule has 1 aromatic carbocycles. The predicted molar refractivity (Wildman–Crippen MR) is 81.2 cm³/mol. The van der Waals surface area contributed by atoms with E-state index < -0.39 is 23.1 Å². The minimum absolute atomic E-state index is 0.0823. The zero-order valence-electron chi connectivity index (χ0n) is 13.4. The van der Waals surface area contributed by atoms with Gasteiger partial charge in [0, 0.05) is 6.42 Å². The number of benzene rings is 1. The molecule has 22 heavy (non-hydrogen) atoms. The third-order valence-electron chi connectivity index (χ3n) is 2.82. The molecule has 122 valence electrons. The van der Waals surface area contributed by atoms with Gasteiger partial charge in [0.2, 0.25) is 5.54 Å². The summed E-state index contributed by atoms with van der Waals surface area (Å²) in [5.74, 6) is -1.59. The molecule has 6 heteroatoms. The number of phenolic OH excluding ortho intramolecular Hbond substituents is 1. The normalized spacial score (nSPS) is 14.0. The van der Waals surface area contributed by atoms with E-state index in [4.69, 9.17) is 15.2 Å². The molecule has 0 spiro atoms. The van der Waals surface area contributed by atoms with Gasteiger partial charge in [0.05, 0.1) is 6.61 Å². The maximum absolute atomic E-state index is 12.4. The van der Waals surface area contributed by atoms with Crippen molar-refractivity contribution >= 4 is 11.9 Å².